The van der Waals surface area contributed by atoms with Crippen molar-refractivity contribution in [1.82, 2.24) is 0 Å². The summed E-state index contributed by atoms with van der Waals surface area (Å²) in [5.41, 5.74) is 0. The molecule has 0 aromatic carbocycles. The molecule has 6 atom stereocenters. The van der Waals surface area contributed by atoms with Gasteiger partial charge in [-0.25, -0.2) is 0 Å². The molecule has 13 heteroatoms. The van der Waals surface area contributed by atoms with Gasteiger partial charge in [-0.15, -0.1) is 0 Å². The van der Waals surface area contributed by atoms with Gasteiger partial charge in [-0.2, -0.15) is 8.42 Å². The van der Waals surface area contributed by atoms with Crippen LogP contribution in [0.1, 0.15) is 200 Å². The monoisotopic (exact) mass is 835 g/mol. The van der Waals surface area contributed by atoms with Crippen molar-refractivity contribution in [2.24, 2.45) is 0 Å². The second-order valence-electron chi connectivity index (χ2n) is 16.1. The number of hydrogen-bond donors (Lipinski definition) is 4. The Morgan fingerprint density at radius 1 is 0.579 bits per heavy atom. The van der Waals surface area contributed by atoms with Gasteiger partial charge in [0.1, 0.15) is 36.8 Å². The van der Waals surface area contributed by atoms with Crippen molar-refractivity contribution in [3.8, 4) is 0 Å². The Labute approximate surface area is 346 Å². The third-order valence-electron chi connectivity index (χ3n) is 10.6. The van der Waals surface area contributed by atoms with Gasteiger partial charge in [0.2, 0.25) is 0 Å². The highest BCUT2D eigenvalue weighted by Gasteiger charge is 2.46. The van der Waals surface area contributed by atoms with Gasteiger partial charge in [0.25, 0.3) is 10.1 Å². The number of carbonyl (C=O) groups is 2. The van der Waals surface area contributed by atoms with Crippen LogP contribution in [0.2, 0.25) is 0 Å². The third kappa shape index (κ3) is 30.1. The van der Waals surface area contributed by atoms with Crippen molar-refractivity contribution < 1.29 is 56.8 Å². The maximum Gasteiger partial charge on any atom is 0.306 e. The molecule has 57 heavy (non-hydrogen) atoms. The first-order valence-corrected chi connectivity index (χ1v) is 24.4. The first-order chi connectivity index (χ1) is 27.5. The van der Waals surface area contributed by atoms with E-state index in [-0.39, 0.29) is 19.4 Å². The van der Waals surface area contributed by atoms with Crippen LogP contribution >= 0.6 is 0 Å². The number of rotatable bonds is 38. The maximum absolute atomic E-state index is 12.8. The highest BCUT2D eigenvalue weighted by atomic mass is 32.2. The molecule has 1 rings (SSSR count). The highest BCUT2D eigenvalue weighted by molar-refractivity contribution is 7.85. The van der Waals surface area contributed by atoms with E-state index in [1.54, 1.807) is 0 Å². The molecule has 0 radical (unpaired) electrons. The van der Waals surface area contributed by atoms with E-state index in [1.807, 2.05) is 0 Å². The van der Waals surface area contributed by atoms with Crippen LogP contribution < -0.4 is 0 Å². The Kier molecular flexibility index (Phi) is 33.0. The zero-order valence-corrected chi connectivity index (χ0v) is 36.5. The number of allylic oxidation sites excluding steroid dienone is 2. The Bertz CT molecular complexity index is 1120. The molecule has 2 unspecified atom stereocenters. The summed E-state index contributed by atoms with van der Waals surface area (Å²) in [5, 5.41) is 30.8. The van der Waals surface area contributed by atoms with Crippen LogP contribution in [-0.4, -0.2) is 96.0 Å². The van der Waals surface area contributed by atoms with Gasteiger partial charge >= 0.3 is 11.9 Å². The molecule has 1 fully saturated rings. The molecule has 0 spiro atoms. The molecule has 0 aliphatic carbocycles. The van der Waals surface area contributed by atoms with Crippen LogP contribution in [-0.2, 0) is 38.7 Å². The maximum atomic E-state index is 12.8. The lowest BCUT2D eigenvalue weighted by Gasteiger charge is -2.40. The summed E-state index contributed by atoms with van der Waals surface area (Å²) >= 11 is 0. The summed E-state index contributed by atoms with van der Waals surface area (Å²) in [6, 6.07) is 0. The second kappa shape index (κ2) is 35.2. The van der Waals surface area contributed by atoms with E-state index < -0.39 is 71.2 Å². The molecular formula is C44H82O12S. The zero-order chi connectivity index (χ0) is 42.0. The molecule has 0 amide bonds. The minimum atomic E-state index is -4.60. The Hall–Kier alpha value is -1.61. The fourth-order valence-electron chi connectivity index (χ4n) is 7.02. The summed E-state index contributed by atoms with van der Waals surface area (Å²) in [5.74, 6) is -1.98. The lowest BCUT2D eigenvalue weighted by Crippen LogP contribution is -2.60. The molecule has 1 aliphatic rings. The van der Waals surface area contributed by atoms with Crippen LogP contribution in [0.5, 0.6) is 0 Å². The minimum Gasteiger partial charge on any atom is -0.462 e. The van der Waals surface area contributed by atoms with Crippen molar-refractivity contribution in [2.45, 2.75) is 237 Å². The Balaban J connectivity index is 2.40. The SMILES string of the molecule is CCCCCCCC/C=C/CCCCCCCCCCCC(=O)O[C@H](COC(=O)CCCCCCCCCCCC)CO[C@H]1O[C@H](CS(=O)(=O)O)[C@@H](O)C(O)C1O. The highest BCUT2D eigenvalue weighted by Crippen LogP contribution is 2.24. The van der Waals surface area contributed by atoms with Gasteiger partial charge in [-0.05, 0) is 38.5 Å². The van der Waals surface area contributed by atoms with E-state index in [9.17, 15) is 37.9 Å². The number of unbranched alkanes of at least 4 members (excludes halogenated alkanes) is 24. The molecule has 336 valence electrons. The zero-order valence-electron chi connectivity index (χ0n) is 35.7. The first-order valence-electron chi connectivity index (χ1n) is 22.7. The lowest BCUT2D eigenvalue weighted by atomic mass is 10.00. The van der Waals surface area contributed by atoms with Crippen LogP contribution in [0.4, 0.5) is 0 Å². The lowest BCUT2D eigenvalue weighted by molar-refractivity contribution is -0.297. The molecule has 1 heterocycles. The Morgan fingerprint density at radius 2 is 1.00 bits per heavy atom. The van der Waals surface area contributed by atoms with E-state index in [2.05, 4.69) is 26.0 Å². The van der Waals surface area contributed by atoms with Crippen LogP contribution in [0, 0.1) is 0 Å². The second-order valence-corrected chi connectivity index (χ2v) is 17.6. The Morgan fingerprint density at radius 3 is 1.46 bits per heavy atom. The summed E-state index contributed by atoms with van der Waals surface area (Å²) in [4.78, 5) is 25.3. The summed E-state index contributed by atoms with van der Waals surface area (Å²) < 4.78 is 54.0. The van der Waals surface area contributed by atoms with Crippen molar-refractivity contribution in [3.63, 3.8) is 0 Å². The number of aliphatic hydroxyl groups is 3. The van der Waals surface area contributed by atoms with Gasteiger partial charge < -0.3 is 34.3 Å². The van der Waals surface area contributed by atoms with Gasteiger partial charge in [-0.1, -0.05) is 161 Å². The topological polar surface area (TPSA) is 186 Å². The number of hydrogen-bond acceptors (Lipinski definition) is 11. The molecule has 12 nitrogen and oxygen atoms in total. The number of aliphatic hydroxyl groups excluding tert-OH is 3. The molecule has 4 N–H and O–H groups in total. The predicted octanol–water partition coefficient (Wildman–Crippen LogP) is 9.06. The van der Waals surface area contributed by atoms with Crippen LogP contribution in [0.15, 0.2) is 12.2 Å². The van der Waals surface area contributed by atoms with E-state index in [0.717, 1.165) is 38.5 Å². The average Bonchev–Trinajstić information content (AvgIpc) is 3.17. The molecule has 1 saturated heterocycles. The third-order valence-corrected chi connectivity index (χ3v) is 11.3. The average molecular weight is 835 g/mol. The fourth-order valence-corrected chi connectivity index (χ4v) is 7.72. The van der Waals surface area contributed by atoms with Crippen molar-refractivity contribution in [3.05, 3.63) is 12.2 Å². The molecule has 0 bridgehead atoms. The van der Waals surface area contributed by atoms with E-state index in [1.165, 1.54) is 122 Å². The smallest absolute Gasteiger partial charge is 0.306 e. The van der Waals surface area contributed by atoms with Gasteiger partial charge in [0.05, 0.1) is 6.61 Å². The predicted molar refractivity (Wildman–Crippen MR) is 224 cm³/mol. The number of ether oxygens (including phenoxy) is 4. The summed E-state index contributed by atoms with van der Waals surface area (Å²) in [6.45, 7) is 3.74. The molecular weight excluding hydrogens is 753 g/mol. The normalized spacial score (nSPS) is 20.6. The summed E-state index contributed by atoms with van der Waals surface area (Å²) in [6.07, 6.45) is 26.9. The van der Waals surface area contributed by atoms with E-state index in [0.29, 0.717) is 12.8 Å². The number of esters is 2. The van der Waals surface area contributed by atoms with Gasteiger partial charge in [0, 0.05) is 12.8 Å². The minimum absolute atomic E-state index is 0.166. The largest absolute Gasteiger partial charge is 0.462 e. The molecule has 0 aromatic heterocycles. The van der Waals surface area contributed by atoms with Crippen LogP contribution in [0.25, 0.3) is 0 Å². The molecule has 0 saturated carbocycles. The quantitative estimate of drug-likeness (QED) is 0.0200. The number of carbonyl (C=O) groups excluding carboxylic acids is 2. The fraction of sp³-hybridized carbons (Fsp3) is 0.909. The standard InChI is InChI=1S/C44H82O12S/c1-3-5-7-9-11-13-15-16-17-18-19-20-21-22-23-25-27-29-31-33-40(46)55-37(34-53-39(45)32-30-28-26-24-14-12-10-8-6-4-2)35-54-44-43(49)42(48)41(47)38(56-44)36-57(50,51)52/h16-17,37-38,41-44,47-49H,3-15,18-36H2,1-2H3,(H,50,51,52)/b17-16+/t37-,38-,41-,42?,43?,44+/m1/s1. The van der Waals surface area contributed by atoms with Crippen molar-refractivity contribution in [2.75, 3.05) is 19.0 Å². The summed E-state index contributed by atoms with van der Waals surface area (Å²) in [7, 11) is -4.60. The van der Waals surface area contributed by atoms with Gasteiger partial charge in [0.15, 0.2) is 12.4 Å². The van der Waals surface area contributed by atoms with E-state index in [4.69, 9.17) is 18.9 Å². The van der Waals surface area contributed by atoms with E-state index >= 15 is 0 Å². The van der Waals surface area contributed by atoms with Crippen molar-refractivity contribution in [1.29, 1.82) is 0 Å². The molecule has 0 aromatic rings. The first kappa shape index (κ1) is 53.4. The van der Waals surface area contributed by atoms with Crippen molar-refractivity contribution >= 4 is 22.1 Å². The van der Waals surface area contributed by atoms with Gasteiger partial charge in [-0.3, -0.25) is 14.1 Å². The molecule has 1 aliphatic heterocycles. The van der Waals surface area contributed by atoms with Crippen LogP contribution in [0.3, 0.4) is 0 Å².